The van der Waals surface area contributed by atoms with Crippen LogP contribution in [0.25, 0.3) is 11.3 Å². The first-order chi connectivity index (χ1) is 9.31. The van der Waals surface area contributed by atoms with Crippen molar-refractivity contribution in [2.24, 2.45) is 0 Å². The molecule has 4 nitrogen and oxygen atoms in total. The molecule has 0 aliphatic carbocycles. The summed E-state index contributed by atoms with van der Waals surface area (Å²) in [5, 5.41) is 3.31. The maximum atomic E-state index is 5.50. The largest absolute Gasteiger partial charge is 0.465 e. The van der Waals surface area contributed by atoms with E-state index in [-0.39, 0.29) is 0 Å². The van der Waals surface area contributed by atoms with Crippen LogP contribution in [0.1, 0.15) is 11.5 Å². The SMILES string of the molecule is Cc1ccc(CNc2ccc(-c3cnco3)cc2)o1. The highest BCUT2D eigenvalue weighted by atomic mass is 16.3. The van der Waals surface area contributed by atoms with Crippen molar-refractivity contribution >= 4 is 5.69 Å². The van der Waals surface area contributed by atoms with Crippen molar-refractivity contribution in [2.75, 3.05) is 5.32 Å². The van der Waals surface area contributed by atoms with Crippen LogP contribution in [0.2, 0.25) is 0 Å². The molecule has 4 heteroatoms. The summed E-state index contributed by atoms with van der Waals surface area (Å²) in [5.41, 5.74) is 2.05. The van der Waals surface area contributed by atoms with Crippen LogP contribution >= 0.6 is 0 Å². The van der Waals surface area contributed by atoms with Crippen LogP contribution < -0.4 is 5.32 Å². The average Bonchev–Trinajstić information content (AvgIpc) is 3.08. The molecule has 0 aliphatic heterocycles. The van der Waals surface area contributed by atoms with Gasteiger partial charge < -0.3 is 14.2 Å². The summed E-state index contributed by atoms with van der Waals surface area (Å²) in [6, 6.07) is 11.9. The summed E-state index contributed by atoms with van der Waals surface area (Å²) in [7, 11) is 0. The van der Waals surface area contributed by atoms with E-state index in [1.54, 1.807) is 6.20 Å². The molecular weight excluding hydrogens is 240 g/mol. The van der Waals surface area contributed by atoms with Crippen LogP contribution in [-0.4, -0.2) is 4.98 Å². The number of hydrogen-bond acceptors (Lipinski definition) is 4. The van der Waals surface area contributed by atoms with E-state index >= 15 is 0 Å². The van der Waals surface area contributed by atoms with Crippen LogP contribution in [0.4, 0.5) is 5.69 Å². The van der Waals surface area contributed by atoms with Crippen LogP contribution in [0.5, 0.6) is 0 Å². The first-order valence-corrected chi connectivity index (χ1v) is 6.09. The molecule has 0 atom stereocenters. The Kier molecular flexibility index (Phi) is 3.06. The highest BCUT2D eigenvalue weighted by Crippen LogP contribution is 2.21. The minimum Gasteiger partial charge on any atom is -0.465 e. The van der Waals surface area contributed by atoms with Gasteiger partial charge in [0.2, 0.25) is 0 Å². The van der Waals surface area contributed by atoms with Gasteiger partial charge in [-0.25, -0.2) is 4.98 Å². The van der Waals surface area contributed by atoms with E-state index in [1.807, 2.05) is 43.3 Å². The number of aryl methyl sites for hydroxylation is 1. The second-order valence-corrected chi connectivity index (χ2v) is 4.31. The Morgan fingerprint density at radius 3 is 2.58 bits per heavy atom. The molecule has 3 rings (SSSR count). The highest BCUT2D eigenvalue weighted by Gasteiger charge is 2.02. The first-order valence-electron chi connectivity index (χ1n) is 6.09. The number of aromatic nitrogens is 1. The third kappa shape index (κ3) is 2.68. The van der Waals surface area contributed by atoms with Gasteiger partial charge in [-0.05, 0) is 43.3 Å². The van der Waals surface area contributed by atoms with Gasteiger partial charge in [0.15, 0.2) is 12.2 Å². The van der Waals surface area contributed by atoms with Gasteiger partial charge >= 0.3 is 0 Å². The molecule has 19 heavy (non-hydrogen) atoms. The number of furan rings is 1. The summed E-state index contributed by atoms with van der Waals surface area (Å²) in [6.07, 6.45) is 3.13. The van der Waals surface area contributed by atoms with Gasteiger partial charge in [-0.15, -0.1) is 0 Å². The zero-order valence-corrected chi connectivity index (χ0v) is 10.6. The zero-order chi connectivity index (χ0) is 13.1. The van der Waals surface area contributed by atoms with Crippen molar-refractivity contribution in [2.45, 2.75) is 13.5 Å². The number of anilines is 1. The van der Waals surface area contributed by atoms with E-state index in [2.05, 4.69) is 10.3 Å². The third-order valence-corrected chi connectivity index (χ3v) is 2.86. The molecule has 0 spiro atoms. The normalized spacial score (nSPS) is 10.6. The highest BCUT2D eigenvalue weighted by molar-refractivity contribution is 5.60. The van der Waals surface area contributed by atoms with Crippen molar-refractivity contribution in [3.63, 3.8) is 0 Å². The van der Waals surface area contributed by atoms with Crippen molar-refractivity contribution < 1.29 is 8.83 Å². The number of hydrogen-bond donors (Lipinski definition) is 1. The molecule has 1 N–H and O–H groups in total. The van der Waals surface area contributed by atoms with Crippen LogP contribution in [-0.2, 0) is 6.54 Å². The summed E-state index contributed by atoms with van der Waals surface area (Å²) in [6.45, 7) is 2.62. The van der Waals surface area contributed by atoms with E-state index in [0.717, 1.165) is 28.5 Å². The Hall–Kier alpha value is -2.49. The number of benzene rings is 1. The third-order valence-electron chi connectivity index (χ3n) is 2.86. The minimum absolute atomic E-state index is 0.676. The Bertz CT molecular complexity index is 639. The molecule has 3 aromatic rings. The monoisotopic (exact) mass is 254 g/mol. The summed E-state index contributed by atoms with van der Waals surface area (Å²) in [5.74, 6) is 2.63. The lowest BCUT2D eigenvalue weighted by molar-refractivity contribution is 0.490. The van der Waals surface area contributed by atoms with Crippen molar-refractivity contribution in [3.8, 4) is 11.3 Å². The second-order valence-electron chi connectivity index (χ2n) is 4.31. The Morgan fingerprint density at radius 1 is 1.11 bits per heavy atom. The molecule has 2 heterocycles. The fourth-order valence-electron chi connectivity index (χ4n) is 1.88. The molecule has 0 aliphatic rings. The van der Waals surface area contributed by atoms with E-state index < -0.39 is 0 Å². The lowest BCUT2D eigenvalue weighted by atomic mass is 10.1. The Balaban J connectivity index is 1.66. The van der Waals surface area contributed by atoms with Gasteiger partial charge in [0.25, 0.3) is 0 Å². The molecule has 2 aromatic heterocycles. The van der Waals surface area contributed by atoms with Gasteiger partial charge in [-0.2, -0.15) is 0 Å². The Labute approximate surface area is 111 Å². The molecule has 0 radical (unpaired) electrons. The number of oxazole rings is 1. The lowest BCUT2D eigenvalue weighted by Crippen LogP contribution is -1.97. The number of nitrogens with zero attached hydrogens (tertiary/aromatic N) is 1. The predicted molar refractivity (Wildman–Crippen MR) is 72.7 cm³/mol. The van der Waals surface area contributed by atoms with Crippen LogP contribution in [0.15, 0.2) is 57.8 Å². The molecule has 0 saturated heterocycles. The molecule has 0 saturated carbocycles. The minimum atomic E-state index is 0.676. The fraction of sp³-hybridized carbons (Fsp3) is 0.133. The standard InChI is InChI=1S/C15H14N2O2/c1-11-2-7-14(19-11)8-17-13-5-3-12(4-6-13)15-9-16-10-18-15/h2-7,9-10,17H,8H2,1H3. The van der Waals surface area contributed by atoms with Gasteiger partial charge in [0.1, 0.15) is 11.5 Å². The quantitative estimate of drug-likeness (QED) is 0.768. The molecule has 96 valence electrons. The Morgan fingerprint density at radius 2 is 1.95 bits per heavy atom. The molecule has 0 fully saturated rings. The molecule has 0 bridgehead atoms. The zero-order valence-electron chi connectivity index (χ0n) is 10.6. The van der Waals surface area contributed by atoms with Crippen molar-refractivity contribution in [3.05, 3.63) is 60.5 Å². The summed E-state index contributed by atoms with van der Waals surface area (Å²) >= 11 is 0. The van der Waals surface area contributed by atoms with E-state index in [0.29, 0.717) is 6.54 Å². The van der Waals surface area contributed by atoms with Crippen molar-refractivity contribution in [1.29, 1.82) is 0 Å². The van der Waals surface area contributed by atoms with Gasteiger partial charge in [-0.3, -0.25) is 0 Å². The molecule has 0 unspecified atom stereocenters. The summed E-state index contributed by atoms with van der Waals surface area (Å²) in [4.78, 5) is 3.90. The smallest absolute Gasteiger partial charge is 0.181 e. The fourth-order valence-corrected chi connectivity index (χ4v) is 1.88. The molecule has 0 amide bonds. The van der Waals surface area contributed by atoms with Crippen molar-refractivity contribution in [1.82, 2.24) is 4.98 Å². The first kappa shape index (κ1) is 11.6. The van der Waals surface area contributed by atoms with Crippen LogP contribution in [0.3, 0.4) is 0 Å². The van der Waals surface area contributed by atoms with E-state index in [1.165, 1.54) is 6.39 Å². The van der Waals surface area contributed by atoms with E-state index in [4.69, 9.17) is 8.83 Å². The summed E-state index contributed by atoms with van der Waals surface area (Å²) < 4.78 is 10.7. The molecular formula is C15H14N2O2. The predicted octanol–water partition coefficient (Wildman–Crippen LogP) is 3.86. The molecule has 1 aromatic carbocycles. The van der Waals surface area contributed by atoms with Gasteiger partial charge in [-0.1, -0.05) is 0 Å². The topological polar surface area (TPSA) is 51.2 Å². The maximum absolute atomic E-state index is 5.50. The number of nitrogens with one attached hydrogen (secondary N) is 1. The van der Waals surface area contributed by atoms with Gasteiger partial charge in [0, 0.05) is 11.3 Å². The maximum Gasteiger partial charge on any atom is 0.181 e. The van der Waals surface area contributed by atoms with Gasteiger partial charge in [0.05, 0.1) is 12.7 Å². The van der Waals surface area contributed by atoms with Crippen LogP contribution in [0, 0.1) is 6.92 Å². The second kappa shape index (κ2) is 5.02. The number of rotatable bonds is 4. The lowest BCUT2D eigenvalue weighted by Gasteiger charge is -2.05. The van der Waals surface area contributed by atoms with E-state index in [9.17, 15) is 0 Å². The average molecular weight is 254 g/mol.